The van der Waals surface area contributed by atoms with Gasteiger partial charge in [0.05, 0.1) is 108 Å². The first kappa shape index (κ1) is 65.9. The Bertz CT molecular complexity index is 3240. The van der Waals surface area contributed by atoms with Crippen LogP contribution >= 0.6 is 0 Å². The first-order valence-corrected chi connectivity index (χ1v) is 30.2. The van der Waals surface area contributed by atoms with E-state index in [9.17, 15) is 39.0 Å². The predicted molar refractivity (Wildman–Crippen MR) is 320 cm³/mol. The summed E-state index contributed by atoms with van der Waals surface area (Å²) < 4.78 is 55.5. The van der Waals surface area contributed by atoms with E-state index in [0.29, 0.717) is 142 Å². The van der Waals surface area contributed by atoms with Crippen molar-refractivity contribution < 1.29 is 71.7 Å². The zero-order valence-electron chi connectivity index (χ0n) is 49.9. The lowest BCUT2D eigenvalue weighted by molar-refractivity contribution is -0.172. The van der Waals surface area contributed by atoms with Crippen LogP contribution in [0.3, 0.4) is 0 Å². The molecule has 5 aromatic rings. The van der Waals surface area contributed by atoms with E-state index in [0.717, 1.165) is 25.0 Å². The first-order chi connectivity index (χ1) is 42.2. The number of nitrogens with zero attached hydrogens (tertiary/aromatic N) is 2. The Morgan fingerprint density at radius 2 is 1.43 bits per heavy atom. The number of fused-ring (bicyclic) bond motifs is 5. The van der Waals surface area contributed by atoms with Gasteiger partial charge in [0, 0.05) is 47.7 Å². The second kappa shape index (κ2) is 32.2. The molecule has 0 fully saturated rings. The van der Waals surface area contributed by atoms with Gasteiger partial charge >= 0.3 is 5.97 Å². The molecular weight excluding hydrogens is 1130 g/mol. The molecule has 3 aliphatic rings. The zero-order chi connectivity index (χ0) is 61.9. The monoisotopic (exact) mass is 1210 g/mol. The maximum Gasteiger partial charge on any atom is 0.343 e. The van der Waals surface area contributed by atoms with Gasteiger partial charge < -0.3 is 74.9 Å². The van der Waals surface area contributed by atoms with Gasteiger partial charge in [-0.3, -0.25) is 24.0 Å². The Hall–Kier alpha value is -7.06. The first-order valence-electron chi connectivity index (χ1n) is 30.2. The molecule has 87 heavy (non-hydrogen) atoms. The van der Waals surface area contributed by atoms with Gasteiger partial charge in [0.1, 0.15) is 24.5 Å². The quantitative estimate of drug-likeness (QED) is 0.0203. The number of ether oxygens (including phenoxy) is 7. The summed E-state index contributed by atoms with van der Waals surface area (Å²) in [5.41, 5.74) is 8.17. The number of anilines is 1. The van der Waals surface area contributed by atoms with Crippen molar-refractivity contribution in [1.29, 1.82) is 0 Å². The van der Waals surface area contributed by atoms with E-state index < -0.39 is 70.8 Å². The smallest absolute Gasteiger partial charge is 0.343 e. The minimum atomic E-state index is -2.06. The number of aromatic nitrogens is 2. The number of cyclic esters (lactones) is 1. The van der Waals surface area contributed by atoms with Gasteiger partial charge in [-0.15, -0.1) is 0 Å². The van der Waals surface area contributed by atoms with E-state index in [1.165, 1.54) is 34.9 Å². The summed E-state index contributed by atoms with van der Waals surface area (Å²) in [6, 6.07) is 15.3. The van der Waals surface area contributed by atoms with Crippen LogP contribution in [0, 0.1) is 12.7 Å². The number of hydrogen-bond donors (Lipinski definition) is 7. The minimum absolute atomic E-state index is 0.0336. The van der Waals surface area contributed by atoms with E-state index in [4.69, 9.17) is 43.9 Å². The third-order valence-electron chi connectivity index (χ3n) is 15.9. The van der Waals surface area contributed by atoms with Crippen molar-refractivity contribution >= 4 is 46.2 Å². The highest BCUT2D eigenvalue weighted by atomic mass is 19.1. The fraction of sp³-hybridized carbons (Fsp3) is 0.516. The molecule has 470 valence electrons. The van der Waals surface area contributed by atoms with Crippen LogP contribution < -0.4 is 32.6 Å². The van der Waals surface area contributed by atoms with Crippen LogP contribution in [0.4, 0.5) is 10.1 Å². The number of esters is 1. The number of nitrogens with two attached hydrogens (primary N) is 1. The number of aryl methyl sites for hydroxylation is 1. The zero-order valence-corrected chi connectivity index (χ0v) is 49.9. The molecule has 23 heteroatoms. The molecule has 0 bridgehead atoms. The van der Waals surface area contributed by atoms with Crippen LogP contribution in [-0.2, 0) is 88.7 Å². The van der Waals surface area contributed by atoms with E-state index in [1.807, 2.05) is 30.3 Å². The number of pyridine rings is 2. The van der Waals surface area contributed by atoms with Crippen LogP contribution in [0.15, 0.2) is 71.5 Å². The van der Waals surface area contributed by atoms with Gasteiger partial charge in [0.15, 0.2) is 11.7 Å². The Kier molecular flexibility index (Phi) is 24.4. The summed E-state index contributed by atoms with van der Waals surface area (Å²) in [4.78, 5) is 87.3. The van der Waals surface area contributed by atoms with Crippen molar-refractivity contribution in [2.45, 2.75) is 128 Å². The maximum atomic E-state index is 15.5. The molecule has 4 heterocycles. The lowest BCUT2D eigenvalue weighted by atomic mass is 9.81. The number of unbranched alkanes of at least 4 members (excludes halogenated alkanes) is 2. The van der Waals surface area contributed by atoms with E-state index in [2.05, 4.69) is 28.2 Å². The molecule has 2 aromatic heterocycles. The average molecular weight is 1210 g/mol. The molecular formula is C64H82FN7O15. The number of aliphatic hydroxyl groups excluding tert-OH is 1. The molecule has 1 unspecified atom stereocenters. The van der Waals surface area contributed by atoms with Crippen molar-refractivity contribution in [3.8, 4) is 11.4 Å². The number of carbonyl (C=O) groups excluding carboxylic acids is 5. The van der Waals surface area contributed by atoms with Gasteiger partial charge in [-0.05, 0) is 104 Å². The van der Waals surface area contributed by atoms with Crippen LogP contribution in [0.2, 0.25) is 0 Å². The third kappa shape index (κ3) is 16.8. The van der Waals surface area contributed by atoms with E-state index >= 15 is 4.39 Å². The number of amides is 4. The van der Waals surface area contributed by atoms with Crippen molar-refractivity contribution in [3.05, 3.63) is 127 Å². The average Bonchev–Trinajstić information content (AvgIpc) is 1.67. The largest absolute Gasteiger partial charge is 0.458 e. The number of halogens is 1. The van der Waals surface area contributed by atoms with E-state index in [1.54, 1.807) is 19.9 Å². The summed E-state index contributed by atoms with van der Waals surface area (Å²) in [5.74, 6) is -3.62. The van der Waals surface area contributed by atoms with Gasteiger partial charge in [0.2, 0.25) is 17.7 Å². The van der Waals surface area contributed by atoms with Gasteiger partial charge in [-0.25, -0.2) is 14.2 Å². The topological polar surface area (TPSA) is 299 Å². The number of aliphatic hydroxyl groups is 2. The molecule has 5 atom stereocenters. The highest BCUT2D eigenvalue weighted by Gasteiger charge is 2.46. The number of benzene rings is 3. The summed E-state index contributed by atoms with van der Waals surface area (Å²) in [6.45, 7) is 10.5. The second-order valence-corrected chi connectivity index (χ2v) is 21.9. The SMILES string of the molecule is CCCCOCCOCCOCCOCCOCCOCCC(=O)N[C@@H](Cc1ccccc1)C(=O)N[C@@H](CCCCN)C(=O)Nc1ccc(C(O)C(=O)N[C@H]2CCc3c(C)c(F)cc4nc5c(c2c34)Cn2c-5cc3c(c2=O)COC(=O)[C@]3(O)CC)cc1. The number of carbonyl (C=O) groups is 5. The standard InChI is InChI=1S/C64H82FN7O15/c1-4-6-23-81-25-27-83-29-31-85-33-34-86-32-30-84-28-26-82-24-21-54(73)68-52(35-41-12-8-7-9-13-41)60(76)71-50(14-10-11-22-66)59(75)67-43-17-15-42(16-18-43)58(74)61(77)70-49-20-19-44-40(3)48(65)37-51-55(44)56(49)45-38-72-53(57(45)69-51)36-47-46(62(72)78)39-87-63(79)64(47,80)5-2/h7-9,12-13,15-18,36-37,49-50,52,58,74,80H,4-6,10-11,14,19-35,38-39,66H2,1-3H3,(H,67,75)(H,68,73)(H,70,77)(H,71,76)/t49-,50-,52-,58?,64-/m0/s1. The molecule has 1 aliphatic carbocycles. The summed E-state index contributed by atoms with van der Waals surface area (Å²) >= 11 is 0. The van der Waals surface area contributed by atoms with Crippen LogP contribution in [-0.4, -0.2) is 147 Å². The summed E-state index contributed by atoms with van der Waals surface area (Å²) in [7, 11) is 0. The molecule has 8 N–H and O–H groups in total. The number of hydrogen-bond acceptors (Lipinski definition) is 17. The Balaban J connectivity index is 0.838. The van der Waals surface area contributed by atoms with Crippen molar-refractivity contribution in [2.24, 2.45) is 5.73 Å². The second-order valence-electron chi connectivity index (χ2n) is 21.9. The molecule has 0 spiro atoms. The van der Waals surface area contributed by atoms with Crippen molar-refractivity contribution in [1.82, 2.24) is 25.5 Å². The fourth-order valence-electron chi connectivity index (χ4n) is 11.1. The Labute approximate surface area is 505 Å². The van der Waals surface area contributed by atoms with Crippen molar-refractivity contribution in [2.75, 3.05) is 91.1 Å². The molecule has 0 radical (unpaired) electrons. The molecule has 3 aromatic carbocycles. The molecule has 8 rings (SSSR count). The Morgan fingerprint density at radius 1 is 0.782 bits per heavy atom. The number of nitrogens with one attached hydrogen (secondary N) is 4. The molecule has 0 saturated heterocycles. The minimum Gasteiger partial charge on any atom is -0.458 e. The lowest BCUT2D eigenvalue weighted by Gasteiger charge is -2.31. The molecule has 4 amide bonds. The lowest BCUT2D eigenvalue weighted by Crippen LogP contribution is -2.53. The Morgan fingerprint density at radius 3 is 2.06 bits per heavy atom. The summed E-state index contributed by atoms with van der Waals surface area (Å²) in [5, 5.41) is 35.2. The number of rotatable bonds is 36. The van der Waals surface area contributed by atoms with Crippen LogP contribution in [0.25, 0.3) is 22.3 Å². The predicted octanol–water partition coefficient (Wildman–Crippen LogP) is 4.93. The molecule has 0 saturated carbocycles. The molecule has 22 nitrogen and oxygen atoms in total. The third-order valence-corrected chi connectivity index (χ3v) is 15.9. The van der Waals surface area contributed by atoms with Crippen LogP contribution in [0.5, 0.6) is 0 Å². The molecule has 2 aliphatic heterocycles. The summed E-state index contributed by atoms with van der Waals surface area (Å²) in [6.07, 6.45) is 2.55. The van der Waals surface area contributed by atoms with Crippen LogP contribution in [0.1, 0.15) is 122 Å². The van der Waals surface area contributed by atoms with Crippen molar-refractivity contribution in [3.63, 3.8) is 0 Å². The van der Waals surface area contributed by atoms with E-state index in [-0.39, 0.29) is 68.7 Å². The van der Waals surface area contributed by atoms with Gasteiger partial charge in [0.25, 0.3) is 11.5 Å². The van der Waals surface area contributed by atoms with Gasteiger partial charge in [-0.2, -0.15) is 0 Å². The highest BCUT2D eigenvalue weighted by molar-refractivity contribution is 5.99. The normalized spacial score (nSPS) is 16.7. The highest BCUT2D eigenvalue weighted by Crippen LogP contribution is 2.46. The maximum absolute atomic E-state index is 15.5. The van der Waals surface area contributed by atoms with Gasteiger partial charge in [-0.1, -0.05) is 62.7 Å². The fourth-order valence-corrected chi connectivity index (χ4v) is 11.1.